The van der Waals surface area contributed by atoms with Crippen molar-refractivity contribution < 1.29 is 27.1 Å². The number of alkyl carbamates (subject to hydrolysis) is 1. The Morgan fingerprint density at radius 1 is 1.38 bits per heavy atom. The van der Waals surface area contributed by atoms with E-state index in [-0.39, 0.29) is 11.9 Å². The Morgan fingerprint density at radius 3 is 2.72 bits per heavy atom. The van der Waals surface area contributed by atoms with Gasteiger partial charge in [-0.05, 0) is 38.6 Å². The summed E-state index contributed by atoms with van der Waals surface area (Å²) in [4.78, 5) is 15.0. The van der Waals surface area contributed by atoms with Crippen molar-refractivity contribution in [2.45, 2.75) is 64.1 Å². The number of ether oxygens (including phenoxy) is 2. The van der Waals surface area contributed by atoms with Gasteiger partial charge in [-0.1, -0.05) is 0 Å². The van der Waals surface area contributed by atoms with Gasteiger partial charge in [-0.15, -0.1) is 11.3 Å². The first-order chi connectivity index (χ1) is 14.9. The lowest BCUT2D eigenvalue weighted by atomic mass is 9.96. The normalized spacial score (nSPS) is 24.3. The summed E-state index contributed by atoms with van der Waals surface area (Å²) in [5.74, 6) is -0.356. The van der Waals surface area contributed by atoms with Crippen LogP contribution in [-0.2, 0) is 32.6 Å². The van der Waals surface area contributed by atoms with Crippen molar-refractivity contribution >= 4 is 27.5 Å². The molecule has 12 heteroatoms. The predicted molar refractivity (Wildman–Crippen MR) is 116 cm³/mol. The molecular formula is C20H27FN4O5S2. The standard InChI is InChI=1S/C20H27FN4O5S2/c1-20(2,3)30-19(26)22-15-7-13(11-29-17(15)18-14(21)5-6-31-18)24-8-12-9-25(32(4,27)28)23-16(12)10-24/h5-6,9,13,15,17H,7-8,10-11H2,1-4H3,(H,22,26). The molecule has 2 aliphatic heterocycles. The quantitative estimate of drug-likeness (QED) is 0.709. The van der Waals surface area contributed by atoms with Gasteiger partial charge in [-0.25, -0.2) is 17.6 Å². The van der Waals surface area contributed by atoms with Crippen LogP contribution in [0.25, 0.3) is 0 Å². The zero-order valence-corrected chi connectivity index (χ0v) is 20.0. The third-order valence-electron chi connectivity index (χ3n) is 5.40. The molecule has 1 amide bonds. The maximum Gasteiger partial charge on any atom is 0.407 e. The first-order valence-corrected chi connectivity index (χ1v) is 13.0. The first-order valence-electron chi connectivity index (χ1n) is 10.3. The second-order valence-corrected chi connectivity index (χ2v) is 12.0. The maximum atomic E-state index is 14.3. The van der Waals surface area contributed by atoms with Crippen LogP contribution in [0.15, 0.2) is 17.6 Å². The van der Waals surface area contributed by atoms with Crippen LogP contribution in [0.4, 0.5) is 9.18 Å². The Kier molecular flexibility index (Phi) is 6.07. The summed E-state index contributed by atoms with van der Waals surface area (Å²) in [6.45, 7) is 6.69. The van der Waals surface area contributed by atoms with Gasteiger partial charge >= 0.3 is 6.09 Å². The molecule has 3 atom stereocenters. The minimum atomic E-state index is -3.43. The molecule has 2 aromatic heterocycles. The second-order valence-electron chi connectivity index (χ2n) is 9.17. The highest BCUT2D eigenvalue weighted by molar-refractivity contribution is 7.89. The number of halogens is 1. The highest BCUT2D eigenvalue weighted by Crippen LogP contribution is 2.37. The number of aromatic nitrogens is 2. The Balaban J connectivity index is 1.49. The lowest BCUT2D eigenvalue weighted by Crippen LogP contribution is -2.51. The van der Waals surface area contributed by atoms with E-state index < -0.39 is 33.9 Å². The molecule has 0 saturated carbocycles. The van der Waals surface area contributed by atoms with Crippen molar-refractivity contribution in [3.05, 3.63) is 39.6 Å². The van der Waals surface area contributed by atoms with Gasteiger partial charge in [-0.2, -0.15) is 9.19 Å². The summed E-state index contributed by atoms with van der Waals surface area (Å²) in [5.41, 5.74) is 0.891. The predicted octanol–water partition coefficient (Wildman–Crippen LogP) is 2.63. The summed E-state index contributed by atoms with van der Waals surface area (Å²) in [6, 6.07) is 0.843. The zero-order chi connectivity index (χ0) is 23.3. The fraction of sp³-hybridized carbons (Fsp3) is 0.600. The van der Waals surface area contributed by atoms with Gasteiger partial charge in [-0.3, -0.25) is 4.90 Å². The molecule has 4 rings (SSSR count). The van der Waals surface area contributed by atoms with Gasteiger partial charge in [0.2, 0.25) is 0 Å². The van der Waals surface area contributed by atoms with Gasteiger partial charge in [0.05, 0.1) is 29.5 Å². The summed E-state index contributed by atoms with van der Waals surface area (Å²) >= 11 is 1.25. The average Bonchev–Trinajstić information content (AvgIpc) is 3.33. The molecule has 1 fully saturated rings. The maximum absolute atomic E-state index is 14.3. The van der Waals surface area contributed by atoms with Crippen molar-refractivity contribution in [3.63, 3.8) is 0 Å². The monoisotopic (exact) mass is 486 g/mol. The van der Waals surface area contributed by atoms with Crippen LogP contribution >= 0.6 is 11.3 Å². The van der Waals surface area contributed by atoms with Gasteiger partial charge in [0, 0.05) is 30.9 Å². The molecule has 1 N–H and O–H groups in total. The van der Waals surface area contributed by atoms with Crippen LogP contribution in [0.2, 0.25) is 0 Å². The molecule has 2 aliphatic rings. The van der Waals surface area contributed by atoms with Crippen LogP contribution in [0.5, 0.6) is 0 Å². The molecule has 2 aromatic rings. The van der Waals surface area contributed by atoms with Crippen LogP contribution < -0.4 is 5.32 Å². The number of thiophene rings is 1. The minimum Gasteiger partial charge on any atom is -0.444 e. The van der Waals surface area contributed by atoms with E-state index in [1.54, 1.807) is 26.2 Å². The fourth-order valence-corrected chi connectivity index (χ4v) is 5.46. The summed E-state index contributed by atoms with van der Waals surface area (Å²) in [5, 5.41) is 8.71. The van der Waals surface area contributed by atoms with E-state index in [1.807, 2.05) is 0 Å². The number of amides is 1. The van der Waals surface area contributed by atoms with Crippen molar-refractivity contribution in [3.8, 4) is 0 Å². The number of nitrogens with zero attached hydrogens (tertiary/aromatic N) is 3. The van der Waals surface area contributed by atoms with E-state index in [0.717, 1.165) is 15.9 Å². The number of rotatable bonds is 4. The van der Waals surface area contributed by atoms with E-state index in [9.17, 15) is 17.6 Å². The Bertz CT molecular complexity index is 1080. The fourth-order valence-electron chi connectivity index (χ4n) is 4.01. The largest absolute Gasteiger partial charge is 0.444 e. The molecule has 0 bridgehead atoms. The highest BCUT2D eigenvalue weighted by atomic mass is 32.2. The molecule has 1 saturated heterocycles. The van der Waals surface area contributed by atoms with E-state index in [0.29, 0.717) is 36.7 Å². The van der Waals surface area contributed by atoms with Gasteiger partial charge in [0.15, 0.2) is 0 Å². The number of nitrogens with one attached hydrogen (secondary N) is 1. The lowest BCUT2D eigenvalue weighted by molar-refractivity contribution is -0.0612. The zero-order valence-electron chi connectivity index (χ0n) is 18.4. The lowest BCUT2D eigenvalue weighted by Gasteiger charge is -2.40. The number of hydrogen-bond donors (Lipinski definition) is 1. The van der Waals surface area contributed by atoms with Crippen molar-refractivity contribution in [1.82, 2.24) is 19.4 Å². The summed E-state index contributed by atoms with van der Waals surface area (Å²) in [7, 11) is -3.43. The molecule has 0 spiro atoms. The third kappa shape index (κ3) is 4.98. The smallest absolute Gasteiger partial charge is 0.407 e. The Morgan fingerprint density at radius 2 is 2.12 bits per heavy atom. The van der Waals surface area contributed by atoms with E-state index in [1.165, 1.54) is 23.6 Å². The number of carbonyl (C=O) groups excluding carboxylic acids is 1. The topological polar surface area (TPSA) is 103 Å². The molecular weight excluding hydrogens is 459 g/mol. The van der Waals surface area contributed by atoms with Crippen molar-refractivity contribution in [1.29, 1.82) is 0 Å². The van der Waals surface area contributed by atoms with Crippen LogP contribution in [0.3, 0.4) is 0 Å². The van der Waals surface area contributed by atoms with Gasteiger partial charge in [0.25, 0.3) is 10.0 Å². The summed E-state index contributed by atoms with van der Waals surface area (Å²) in [6.07, 6.45) is 1.98. The van der Waals surface area contributed by atoms with Crippen molar-refractivity contribution in [2.75, 3.05) is 12.9 Å². The first kappa shape index (κ1) is 23.1. The van der Waals surface area contributed by atoms with E-state index in [2.05, 4.69) is 15.3 Å². The number of carbonyl (C=O) groups is 1. The SMILES string of the molecule is CC(C)(C)OC(=O)NC1CC(N2Cc3cn(S(C)(=O)=O)nc3C2)COC1c1sccc1F. The summed E-state index contributed by atoms with van der Waals surface area (Å²) < 4.78 is 50.2. The Hall–Kier alpha value is -2.02. The van der Waals surface area contributed by atoms with Crippen molar-refractivity contribution in [2.24, 2.45) is 0 Å². The average molecular weight is 487 g/mol. The molecule has 3 unspecified atom stereocenters. The van der Waals surface area contributed by atoms with Crippen LogP contribution in [0.1, 0.15) is 49.4 Å². The van der Waals surface area contributed by atoms with Gasteiger partial charge < -0.3 is 14.8 Å². The van der Waals surface area contributed by atoms with E-state index in [4.69, 9.17) is 9.47 Å². The number of fused-ring (bicyclic) bond motifs is 1. The number of hydrogen-bond acceptors (Lipinski definition) is 8. The molecule has 0 radical (unpaired) electrons. The highest BCUT2D eigenvalue weighted by Gasteiger charge is 2.40. The Labute approximate surface area is 190 Å². The minimum absolute atomic E-state index is 0.0601. The molecule has 176 valence electrons. The molecule has 4 heterocycles. The molecule has 0 aromatic carbocycles. The van der Waals surface area contributed by atoms with Crippen LogP contribution in [-0.4, -0.2) is 59.1 Å². The third-order valence-corrected chi connectivity index (χ3v) is 7.22. The van der Waals surface area contributed by atoms with Gasteiger partial charge in [0.1, 0.15) is 17.5 Å². The molecule has 32 heavy (non-hydrogen) atoms. The molecule has 0 aliphatic carbocycles. The second kappa shape index (κ2) is 8.40. The van der Waals surface area contributed by atoms with E-state index >= 15 is 0 Å². The molecule has 9 nitrogen and oxygen atoms in total. The van der Waals surface area contributed by atoms with Crippen LogP contribution in [0, 0.1) is 5.82 Å².